The Morgan fingerprint density at radius 3 is 0.750 bits per heavy atom. The first kappa shape index (κ1) is 51.3. The molecule has 0 unspecified atom stereocenters. The highest BCUT2D eigenvalue weighted by molar-refractivity contribution is 8.01. The maximum absolute atomic E-state index is 11.1. The van der Waals surface area contributed by atoms with E-state index in [4.69, 9.17) is 20.4 Å². The molecule has 0 aliphatic carbocycles. The molecule has 0 spiro atoms. The topological polar surface area (TPSA) is 314 Å². The molecule has 0 aromatic heterocycles. The monoisotopic (exact) mass is 976 g/mol. The van der Waals surface area contributed by atoms with Gasteiger partial charge in [-0.3, -0.25) is 19.2 Å². The first-order chi connectivity index (χ1) is 30.7. The molecule has 0 saturated carbocycles. The van der Waals surface area contributed by atoms with Gasteiger partial charge in [-0.1, -0.05) is 25.7 Å². The van der Waals surface area contributed by atoms with Crippen LogP contribution in [0.15, 0.2) is 0 Å². The number of carbonyl (C=O) groups is 8. The fourth-order valence-corrected chi connectivity index (χ4v) is 15.2. The van der Waals surface area contributed by atoms with Crippen LogP contribution in [0.4, 0.5) is 19.2 Å². The molecule has 8 rings (SSSR count). The molecule has 0 aromatic carbocycles. The number of aliphatic carboxylic acids is 4. The van der Waals surface area contributed by atoms with E-state index in [1.54, 1.807) is 0 Å². The number of nitrogens with one attached hydrogen (secondary N) is 8. The molecule has 64 heavy (non-hydrogen) atoms. The van der Waals surface area contributed by atoms with Crippen LogP contribution in [-0.2, 0) is 19.2 Å². The number of carboxylic acids is 4. The number of urea groups is 4. The van der Waals surface area contributed by atoms with Gasteiger partial charge >= 0.3 is 48.0 Å². The molecule has 8 heterocycles. The normalized spacial score (nSPS) is 32.0. The number of amides is 8. The summed E-state index contributed by atoms with van der Waals surface area (Å²) in [6.45, 7) is 0. The van der Waals surface area contributed by atoms with Crippen molar-refractivity contribution in [3.63, 3.8) is 0 Å². The predicted octanol–water partition coefficient (Wildman–Crippen LogP) is 3.19. The van der Waals surface area contributed by atoms with Crippen LogP contribution in [0.2, 0.25) is 0 Å². The van der Waals surface area contributed by atoms with Gasteiger partial charge in [0.25, 0.3) is 0 Å². The summed E-state index contributed by atoms with van der Waals surface area (Å²) >= 11 is 7.48. The van der Waals surface area contributed by atoms with Crippen molar-refractivity contribution in [3.8, 4) is 0 Å². The Kier molecular flexibility index (Phi) is 20.8. The minimum absolute atomic E-state index is 0.0640. The van der Waals surface area contributed by atoms with E-state index >= 15 is 0 Å². The zero-order valence-electron chi connectivity index (χ0n) is 35.8. The number of thioether (sulfide) groups is 4. The lowest BCUT2D eigenvalue weighted by molar-refractivity contribution is -0.138. The van der Waals surface area contributed by atoms with E-state index in [0.717, 1.165) is 100 Å². The summed E-state index contributed by atoms with van der Waals surface area (Å²) in [5, 5.41) is 59.1. The third-order valence-electron chi connectivity index (χ3n) is 12.3. The zero-order valence-corrected chi connectivity index (χ0v) is 39.0. The second kappa shape index (κ2) is 25.9. The lowest BCUT2D eigenvalue weighted by atomic mass is 10.0. The second-order valence-corrected chi connectivity index (χ2v) is 22.1. The molecule has 12 atom stereocenters. The number of hydrogen-bond donors (Lipinski definition) is 12. The summed E-state index contributed by atoms with van der Waals surface area (Å²) in [4.78, 5) is 85.8. The Morgan fingerprint density at radius 2 is 0.562 bits per heavy atom. The largest absolute Gasteiger partial charge is 0.481 e. The van der Waals surface area contributed by atoms with Gasteiger partial charge in [-0.05, 0) is 51.4 Å². The summed E-state index contributed by atoms with van der Waals surface area (Å²) in [7, 11) is 0. The molecule has 0 radical (unpaired) electrons. The quantitative estimate of drug-likeness (QED) is 0.0616. The summed E-state index contributed by atoms with van der Waals surface area (Å²) in [6, 6.07) is 1.76. The minimum atomic E-state index is -0.729. The van der Waals surface area contributed by atoms with Gasteiger partial charge in [-0.25, -0.2) is 19.2 Å². The van der Waals surface area contributed by atoms with E-state index in [1.807, 2.05) is 47.0 Å². The van der Waals surface area contributed by atoms with E-state index in [-0.39, 0.29) is 98.1 Å². The third kappa shape index (κ3) is 16.4. The summed E-state index contributed by atoms with van der Waals surface area (Å²) in [6.07, 6.45) is 11.5. The summed E-state index contributed by atoms with van der Waals surface area (Å²) in [5.74, 6) is 0.946. The Labute approximate surface area is 389 Å². The fraction of sp³-hybridized carbons (Fsp3) is 0.800. The Hall–Kier alpha value is -3.64. The van der Waals surface area contributed by atoms with Gasteiger partial charge in [-0.2, -0.15) is 47.0 Å². The molecule has 20 nitrogen and oxygen atoms in total. The molecule has 8 fully saturated rings. The average Bonchev–Trinajstić information content (AvgIpc) is 4.10. The average molecular weight is 977 g/mol. The number of unbranched alkanes of at least 4 members (excludes halogenated alkanes) is 4. The van der Waals surface area contributed by atoms with Gasteiger partial charge in [0.15, 0.2) is 0 Å². The van der Waals surface area contributed by atoms with Crippen molar-refractivity contribution in [3.05, 3.63) is 0 Å². The van der Waals surface area contributed by atoms with Gasteiger partial charge in [-0.15, -0.1) is 0 Å². The SMILES string of the molecule is O=C(O)CCCC[C@@H]1SC[C@@H]2NC(=O)N[C@@H]21.O=C(O)CCCC[C@@H]1SC[C@@H]2NC(=O)N[C@@H]21.O=C(O)CCCC[C@@H]1SC[C@@H]2NC(=O)N[C@@H]21.O=C(O)CCCC[C@@H]1SC[C@@H]2NC(=O)N[C@@H]21. The summed E-state index contributed by atoms with van der Waals surface area (Å²) < 4.78 is 0. The highest BCUT2D eigenvalue weighted by atomic mass is 32.2. The Bertz CT molecular complexity index is 1420. The Balaban J connectivity index is 0.000000161. The highest BCUT2D eigenvalue weighted by Crippen LogP contribution is 2.36. The molecule has 8 aliphatic rings. The molecule has 0 bridgehead atoms. The molecule has 0 aromatic rings. The number of hydrogen-bond acceptors (Lipinski definition) is 12. The first-order valence-corrected chi connectivity index (χ1v) is 26.5. The van der Waals surface area contributed by atoms with Gasteiger partial charge < -0.3 is 63.0 Å². The van der Waals surface area contributed by atoms with Gasteiger partial charge in [0.2, 0.25) is 0 Å². The van der Waals surface area contributed by atoms with E-state index < -0.39 is 23.9 Å². The predicted molar refractivity (Wildman–Crippen MR) is 246 cm³/mol. The van der Waals surface area contributed by atoms with Gasteiger partial charge in [0, 0.05) is 69.7 Å². The van der Waals surface area contributed by atoms with Crippen LogP contribution in [0.25, 0.3) is 0 Å². The van der Waals surface area contributed by atoms with Gasteiger partial charge in [0.05, 0.1) is 48.3 Å². The van der Waals surface area contributed by atoms with Crippen LogP contribution < -0.4 is 42.5 Å². The summed E-state index contributed by atoms with van der Waals surface area (Å²) in [5.41, 5.74) is 0. The molecule has 360 valence electrons. The van der Waals surface area contributed by atoms with Crippen molar-refractivity contribution in [1.29, 1.82) is 0 Å². The maximum Gasteiger partial charge on any atom is 0.315 e. The Morgan fingerprint density at radius 1 is 0.359 bits per heavy atom. The fourth-order valence-electron chi connectivity index (χ4n) is 9.06. The first-order valence-electron chi connectivity index (χ1n) is 22.3. The van der Waals surface area contributed by atoms with E-state index in [2.05, 4.69) is 42.5 Å². The van der Waals surface area contributed by atoms with Crippen molar-refractivity contribution in [1.82, 2.24) is 42.5 Å². The van der Waals surface area contributed by atoms with Crippen LogP contribution in [0.5, 0.6) is 0 Å². The van der Waals surface area contributed by atoms with Crippen LogP contribution in [-0.4, -0.2) is 161 Å². The minimum Gasteiger partial charge on any atom is -0.481 e. The van der Waals surface area contributed by atoms with Crippen LogP contribution in [0.1, 0.15) is 103 Å². The molecule has 8 aliphatic heterocycles. The molecule has 24 heteroatoms. The third-order valence-corrected chi connectivity index (χ3v) is 18.3. The molecular weight excluding hydrogens is 913 g/mol. The van der Waals surface area contributed by atoms with Crippen molar-refractivity contribution in [2.45, 2.75) is 172 Å². The lowest BCUT2D eigenvalue weighted by Crippen LogP contribution is -2.36. The lowest BCUT2D eigenvalue weighted by Gasteiger charge is -2.16. The van der Waals surface area contributed by atoms with E-state index in [0.29, 0.717) is 21.0 Å². The van der Waals surface area contributed by atoms with E-state index in [1.165, 1.54) is 0 Å². The van der Waals surface area contributed by atoms with Crippen molar-refractivity contribution in [2.75, 3.05) is 23.0 Å². The van der Waals surface area contributed by atoms with Crippen molar-refractivity contribution < 1.29 is 58.8 Å². The van der Waals surface area contributed by atoms with Crippen LogP contribution >= 0.6 is 47.0 Å². The van der Waals surface area contributed by atoms with E-state index in [9.17, 15) is 38.4 Å². The highest BCUT2D eigenvalue weighted by Gasteiger charge is 2.45. The molecule has 8 amide bonds. The number of carboxylic acid groups (broad SMARTS) is 4. The second-order valence-electron chi connectivity index (χ2n) is 17.0. The number of fused-ring (bicyclic) bond motifs is 4. The van der Waals surface area contributed by atoms with Crippen LogP contribution in [0.3, 0.4) is 0 Å². The van der Waals surface area contributed by atoms with Crippen molar-refractivity contribution >= 4 is 95.0 Å². The van der Waals surface area contributed by atoms with Gasteiger partial charge in [0.1, 0.15) is 0 Å². The molecular formula is C40H64N8O12S4. The zero-order chi connectivity index (χ0) is 46.2. The molecule has 8 saturated heterocycles. The van der Waals surface area contributed by atoms with Crippen LogP contribution in [0, 0.1) is 0 Å². The molecule has 12 N–H and O–H groups in total. The number of carbonyl (C=O) groups excluding carboxylic acids is 4. The van der Waals surface area contributed by atoms with Crippen molar-refractivity contribution in [2.24, 2.45) is 0 Å². The maximum atomic E-state index is 11.1. The number of rotatable bonds is 20. The smallest absolute Gasteiger partial charge is 0.315 e. The standard InChI is InChI=1S/4C10H16N2O3S/c4*13-8(14)4-2-1-3-7-9-6(5-16-7)11-10(15)12-9/h4*6-7,9H,1-5H2,(H,13,14)(H2,11,12,15)/t4*6-,7-,9-/m0000/s1.